The number of hydrogen-bond donors (Lipinski definition) is 1. The van der Waals surface area contributed by atoms with Gasteiger partial charge in [-0.2, -0.15) is 5.10 Å². The molecular weight excluding hydrogens is 342 g/mol. The molecule has 3 rings (SSSR count). The van der Waals surface area contributed by atoms with E-state index in [1.165, 1.54) is 11.8 Å². The Balaban J connectivity index is 1.74. The highest BCUT2D eigenvalue weighted by Crippen LogP contribution is 2.28. The number of rotatable bonds is 4. The van der Waals surface area contributed by atoms with Crippen molar-refractivity contribution in [2.45, 2.75) is 19.4 Å². The number of pyridine rings is 1. The monoisotopic (exact) mass is 359 g/mol. The first kappa shape index (κ1) is 17.2. The van der Waals surface area contributed by atoms with Crippen LogP contribution in [-0.4, -0.2) is 39.7 Å². The van der Waals surface area contributed by atoms with Gasteiger partial charge in [0.05, 0.1) is 24.0 Å². The molecule has 8 heteroatoms. The van der Waals surface area contributed by atoms with Gasteiger partial charge in [0.1, 0.15) is 5.69 Å². The summed E-state index contributed by atoms with van der Waals surface area (Å²) in [5, 5.41) is 7.27. The molecule has 0 aromatic carbocycles. The SMILES string of the molecule is CC(=O)N[C@H]1C=C[C@@H](C(=O)N(C)c2cn(-c3cccnc3)nc2Cl)C1. The lowest BCUT2D eigenvalue weighted by Gasteiger charge is -2.20. The summed E-state index contributed by atoms with van der Waals surface area (Å²) in [7, 11) is 1.67. The second kappa shape index (κ2) is 7.06. The van der Waals surface area contributed by atoms with Gasteiger partial charge >= 0.3 is 0 Å². The van der Waals surface area contributed by atoms with Crippen molar-refractivity contribution in [2.24, 2.45) is 5.92 Å². The number of carbonyl (C=O) groups excluding carboxylic acids is 2. The fraction of sp³-hybridized carbons (Fsp3) is 0.294. The third-order valence-corrected chi connectivity index (χ3v) is 4.31. The predicted molar refractivity (Wildman–Crippen MR) is 94.6 cm³/mol. The number of hydrogen-bond acceptors (Lipinski definition) is 4. The van der Waals surface area contributed by atoms with Crippen LogP contribution in [0.25, 0.3) is 5.69 Å². The number of amides is 2. The van der Waals surface area contributed by atoms with Gasteiger partial charge in [-0.3, -0.25) is 14.6 Å². The minimum absolute atomic E-state index is 0.100. The smallest absolute Gasteiger partial charge is 0.233 e. The second-order valence-corrected chi connectivity index (χ2v) is 6.25. The third-order valence-electron chi connectivity index (χ3n) is 4.04. The Morgan fingerprint density at radius 2 is 2.20 bits per heavy atom. The summed E-state index contributed by atoms with van der Waals surface area (Å²) in [5.74, 6) is -0.520. The normalized spacial score (nSPS) is 19.0. The van der Waals surface area contributed by atoms with Crippen molar-refractivity contribution in [1.82, 2.24) is 20.1 Å². The lowest BCUT2D eigenvalue weighted by molar-refractivity contribution is -0.122. The number of halogens is 1. The molecule has 1 N–H and O–H groups in total. The molecule has 0 spiro atoms. The van der Waals surface area contributed by atoms with Crippen molar-refractivity contribution < 1.29 is 9.59 Å². The maximum Gasteiger partial charge on any atom is 0.233 e. The summed E-state index contributed by atoms with van der Waals surface area (Å²) < 4.78 is 1.58. The quantitative estimate of drug-likeness (QED) is 0.846. The van der Waals surface area contributed by atoms with E-state index in [1.807, 2.05) is 18.2 Å². The molecule has 0 bridgehead atoms. The number of anilines is 1. The number of nitrogens with zero attached hydrogens (tertiary/aromatic N) is 4. The predicted octanol–water partition coefficient (Wildman–Crippen LogP) is 1.96. The first-order valence-electron chi connectivity index (χ1n) is 7.84. The lowest BCUT2D eigenvalue weighted by Crippen LogP contribution is -2.35. The summed E-state index contributed by atoms with van der Waals surface area (Å²) in [6.45, 7) is 1.46. The molecule has 7 nitrogen and oxygen atoms in total. The highest BCUT2D eigenvalue weighted by atomic mass is 35.5. The van der Waals surface area contributed by atoms with Crippen LogP contribution in [0.5, 0.6) is 0 Å². The van der Waals surface area contributed by atoms with Crippen LogP contribution in [0.3, 0.4) is 0 Å². The molecule has 1 aliphatic carbocycles. The third kappa shape index (κ3) is 3.71. The van der Waals surface area contributed by atoms with Gasteiger partial charge in [-0.05, 0) is 18.6 Å². The van der Waals surface area contributed by atoms with E-state index in [9.17, 15) is 9.59 Å². The van der Waals surface area contributed by atoms with E-state index in [-0.39, 0.29) is 28.9 Å². The van der Waals surface area contributed by atoms with Gasteiger partial charge < -0.3 is 10.2 Å². The molecule has 1 aliphatic rings. The Morgan fingerprint density at radius 1 is 1.40 bits per heavy atom. The van der Waals surface area contributed by atoms with Crippen molar-refractivity contribution >= 4 is 29.1 Å². The Bertz CT molecular complexity index is 818. The van der Waals surface area contributed by atoms with Crippen molar-refractivity contribution in [3.63, 3.8) is 0 Å². The zero-order valence-electron chi connectivity index (χ0n) is 13.9. The van der Waals surface area contributed by atoms with E-state index in [0.717, 1.165) is 5.69 Å². The van der Waals surface area contributed by atoms with Crippen molar-refractivity contribution in [3.8, 4) is 5.69 Å². The van der Waals surface area contributed by atoms with Crippen LogP contribution in [0.4, 0.5) is 5.69 Å². The van der Waals surface area contributed by atoms with Gasteiger partial charge in [-0.25, -0.2) is 4.68 Å². The molecule has 0 saturated heterocycles. The van der Waals surface area contributed by atoms with Gasteiger partial charge in [0.15, 0.2) is 5.15 Å². The number of aromatic nitrogens is 3. The first-order valence-corrected chi connectivity index (χ1v) is 8.22. The summed E-state index contributed by atoms with van der Waals surface area (Å²) in [4.78, 5) is 29.4. The van der Waals surface area contributed by atoms with E-state index < -0.39 is 0 Å². The zero-order valence-corrected chi connectivity index (χ0v) is 14.6. The molecule has 0 aliphatic heterocycles. The molecule has 2 amide bonds. The van der Waals surface area contributed by atoms with Crippen LogP contribution in [-0.2, 0) is 9.59 Å². The number of nitrogens with one attached hydrogen (secondary N) is 1. The summed E-state index contributed by atoms with van der Waals surface area (Å²) in [6, 6.07) is 3.53. The minimum Gasteiger partial charge on any atom is -0.350 e. The molecule has 2 aromatic heterocycles. The van der Waals surface area contributed by atoms with Gasteiger partial charge in [0, 0.05) is 26.2 Å². The first-order chi connectivity index (χ1) is 12.0. The van der Waals surface area contributed by atoms with Gasteiger partial charge in [0.25, 0.3) is 0 Å². The number of carbonyl (C=O) groups is 2. The van der Waals surface area contributed by atoms with E-state index in [2.05, 4.69) is 15.4 Å². The molecule has 0 saturated carbocycles. The maximum atomic E-state index is 12.7. The van der Waals surface area contributed by atoms with E-state index in [4.69, 9.17) is 11.6 Å². The van der Waals surface area contributed by atoms with Crippen molar-refractivity contribution in [1.29, 1.82) is 0 Å². The van der Waals surface area contributed by atoms with E-state index >= 15 is 0 Å². The Kier molecular flexibility index (Phi) is 4.85. The molecule has 130 valence electrons. The average Bonchev–Trinajstić information content (AvgIpc) is 3.20. The topological polar surface area (TPSA) is 80.1 Å². The van der Waals surface area contributed by atoms with E-state index in [0.29, 0.717) is 12.1 Å². The highest BCUT2D eigenvalue weighted by molar-refractivity contribution is 6.32. The summed E-state index contributed by atoms with van der Waals surface area (Å²) in [6.07, 6.45) is 9.23. The van der Waals surface area contributed by atoms with Crippen LogP contribution >= 0.6 is 11.6 Å². The van der Waals surface area contributed by atoms with Crippen molar-refractivity contribution in [3.05, 3.63) is 48.0 Å². The maximum absolute atomic E-state index is 12.7. The molecule has 2 aromatic rings. The van der Waals surface area contributed by atoms with Crippen LogP contribution in [0.1, 0.15) is 13.3 Å². The largest absolute Gasteiger partial charge is 0.350 e. The average molecular weight is 360 g/mol. The highest BCUT2D eigenvalue weighted by Gasteiger charge is 2.29. The van der Waals surface area contributed by atoms with Crippen molar-refractivity contribution in [2.75, 3.05) is 11.9 Å². The lowest BCUT2D eigenvalue weighted by atomic mass is 10.1. The van der Waals surface area contributed by atoms with Gasteiger partial charge in [-0.1, -0.05) is 23.8 Å². The molecule has 25 heavy (non-hydrogen) atoms. The molecular formula is C17H18ClN5O2. The van der Waals surface area contributed by atoms with Crippen LogP contribution in [0.15, 0.2) is 42.9 Å². The Morgan fingerprint density at radius 3 is 2.88 bits per heavy atom. The fourth-order valence-corrected chi connectivity index (χ4v) is 3.06. The Labute approximate surface area is 150 Å². The molecule has 2 heterocycles. The van der Waals surface area contributed by atoms with E-state index in [1.54, 1.807) is 36.4 Å². The van der Waals surface area contributed by atoms with Crippen LogP contribution in [0, 0.1) is 5.92 Å². The minimum atomic E-state index is -0.306. The zero-order chi connectivity index (χ0) is 18.0. The molecule has 0 fully saturated rings. The molecule has 2 atom stereocenters. The van der Waals surface area contributed by atoms with Crippen LogP contribution < -0.4 is 10.2 Å². The van der Waals surface area contributed by atoms with Gasteiger partial charge in [-0.15, -0.1) is 0 Å². The molecule has 0 unspecified atom stereocenters. The fourth-order valence-electron chi connectivity index (χ4n) is 2.81. The molecule has 0 radical (unpaired) electrons. The van der Waals surface area contributed by atoms with Crippen LogP contribution in [0.2, 0.25) is 5.15 Å². The Hall–Kier alpha value is -2.67. The second-order valence-electron chi connectivity index (χ2n) is 5.89. The standard InChI is InChI=1S/C17H18ClN5O2/c1-11(24)20-13-6-5-12(8-13)17(25)22(2)15-10-23(21-16(15)18)14-4-3-7-19-9-14/h3-7,9-10,12-13H,8H2,1-2H3,(H,20,24)/t12-,13+/m1/s1. The summed E-state index contributed by atoms with van der Waals surface area (Å²) in [5.41, 5.74) is 1.27. The summed E-state index contributed by atoms with van der Waals surface area (Å²) >= 11 is 6.22. The van der Waals surface area contributed by atoms with Gasteiger partial charge in [0.2, 0.25) is 11.8 Å².